The zero-order valence-corrected chi connectivity index (χ0v) is 33.4. The van der Waals surface area contributed by atoms with Crippen molar-refractivity contribution in [1.29, 1.82) is 0 Å². The number of carbonyl (C=O) groups excluding carboxylic acids is 2. The molecule has 6 rings (SSSR count). The van der Waals surface area contributed by atoms with Crippen molar-refractivity contribution < 1.29 is 24.2 Å². The molecule has 2 amide bonds. The summed E-state index contributed by atoms with van der Waals surface area (Å²) in [6.45, 7) is 15.9. The van der Waals surface area contributed by atoms with E-state index in [9.17, 15) is 9.90 Å². The van der Waals surface area contributed by atoms with Crippen LogP contribution >= 0.6 is 0 Å². The van der Waals surface area contributed by atoms with Crippen molar-refractivity contribution in [1.82, 2.24) is 20.3 Å². The van der Waals surface area contributed by atoms with Crippen molar-refractivity contribution in [2.24, 2.45) is 5.92 Å². The van der Waals surface area contributed by atoms with Gasteiger partial charge in [-0.05, 0) is 75.9 Å². The van der Waals surface area contributed by atoms with Gasteiger partial charge in [0.05, 0.1) is 39.2 Å². The first-order valence-electron chi connectivity index (χ1n) is 19.0. The number of anilines is 2. The second kappa shape index (κ2) is 16.1. The Labute approximate surface area is 315 Å². The molecule has 2 N–H and O–H groups in total. The second-order valence-electron chi connectivity index (χ2n) is 15.6. The fraction of sp³-hybridized carbons (Fsp3) is 0.512. The first-order chi connectivity index (χ1) is 25.4. The number of piperazine rings is 1. The van der Waals surface area contributed by atoms with E-state index in [1.165, 1.54) is 16.3 Å². The number of aliphatic hydroxyl groups excluding tert-OH is 1. The summed E-state index contributed by atoms with van der Waals surface area (Å²) in [6, 6.07) is 14.4. The van der Waals surface area contributed by atoms with Crippen molar-refractivity contribution >= 4 is 36.4 Å². The normalized spacial score (nSPS) is 23.2. The predicted molar refractivity (Wildman–Crippen MR) is 211 cm³/mol. The zero-order valence-electron chi connectivity index (χ0n) is 32.4. The fourth-order valence-electron chi connectivity index (χ4n) is 8.67. The molecule has 0 aliphatic carbocycles. The molecule has 0 radical (unpaired) electrons. The molecule has 11 nitrogen and oxygen atoms in total. The van der Waals surface area contributed by atoms with Gasteiger partial charge < -0.3 is 29.7 Å². The summed E-state index contributed by atoms with van der Waals surface area (Å²) in [5.74, 6) is 0.598. The summed E-state index contributed by atoms with van der Waals surface area (Å²) < 4.78 is 14.7. The molecule has 1 spiro atoms. The second-order valence-corrected chi connectivity index (χ2v) is 20.3. The standard InChI is InChI=1S/C41H56N6O5Si/c1-28(2)9-8-10-29(3)17-22-47-36-16-11-32(46-23-20-42-26-38(46)49)25-35(36)41(40(47)50)30(4)39(53(6,7)34-14-12-33(51-5)13-15-34)37(52-41)18-21-45-27-31(19-24-48)43-44-45/h9,11-17,25,27,30,37,39,42,48H,8,10,18-24,26H2,1-7H3/b29-17+/t30-,37+,39-,41+/m0/s1. The third-order valence-electron chi connectivity index (χ3n) is 11.5. The minimum atomic E-state index is -2.36. The summed E-state index contributed by atoms with van der Waals surface area (Å²) in [5.41, 5.74) is 4.57. The van der Waals surface area contributed by atoms with Crippen molar-refractivity contribution in [3.63, 3.8) is 0 Å². The highest BCUT2D eigenvalue weighted by Crippen LogP contribution is 2.60. The van der Waals surface area contributed by atoms with E-state index in [0.29, 0.717) is 39.0 Å². The number of aryl methyl sites for hydroxylation is 1. The van der Waals surface area contributed by atoms with Crippen molar-refractivity contribution in [3.05, 3.63) is 83.2 Å². The third-order valence-corrected chi connectivity index (χ3v) is 15.9. The number of carbonyl (C=O) groups is 2. The van der Waals surface area contributed by atoms with E-state index in [1.54, 1.807) is 7.11 Å². The van der Waals surface area contributed by atoms with Crippen LogP contribution in [0, 0.1) is 5.92 Å². The molecule has 53 heavy (non-hydrogen) atoms. The molecule has 2 aromatic carbocycles. The van der Waals surface area contributed by atoms with Gasteiger partial charge in [0.25, 0.3) is 5.91 Å². The molecular weight excluding hydrogens is 685 g/mol. The van der Waals surface area contributed by atoms with Crippen LogP contribution in [0.15, 0.2) is 72.0 Å². The molecule has 4 heterocycles. The number of fused-ring (bicyclic) bond motifs is 2. The lowest BCUT2D eigenvalue weighted by molar-refractivity contribution is -0.145. The predicted octanol–water partition coefficient (Wildman–Crippen LogP) is 5.10. The highest BCUT2D eigenvalue weighted by atomic mass is 28.3. The Kier molecular flexibility index (Phi) is 11.7. The molecule has 2 fully saturated rings. The molecular formula is C41H56N6O5Si. The summed E-state index contributed by atoms with van der Waals surface area (Å²) in [6.07, 6.45) is 9.01. The Bertz CT molecular complexity index is 1850. The van der Waals surface area contributed by atoms with Crippen LogP contribution in [0.2, 0.25) is 18.6 Å². The lowest BCUT2D eigenvalue weighted by atomic mass is 9.82. The maximum Gasteiger partial charge on any atom is 0.264 e. The molecule has 3 aliphatic rings. The van der Waals surface area contributed by atoms with E-state index in [1.807, 2.05) is 44.9 Å². The number of nitrogens with one attached hydrogen (secondary N) is 1. The molecule has 3 aromatic rings. The number of hydrogen-bond donors (Lipinski definition) is 2. The van der Waals surface area contributed by atoms with Crippen LogP contribution in [0.4, 0.5) is 11.4 Å². The van der Waals surface area contributed by atoms with Gasteiger partial charge in [-0.15, -0.1) is 5.10 Å². The molecule has 0 unspecified atom stereocenters. The largest absolute Gasteiger partial charge is 0.497 e. The van der Waals surface area contributed by atoms with Crippen LogP contribution in [0.25, 0.3) is 0 Å². The fourth-order valence-corrected chi connectivity index (χ4v) is 12.7. The maximum atomic E-state index is 15.3. The molecule has 284 valence electrons. The minimum absolute atomic E-state index is 0.0118. The Morgan fingerprint density at radius 2 is 1.91 bits per heavy atom. The number of hydrogen-bond acceptors (Lipinski definition) is 8. The van der Waals surface area contributed by atoms with E-state index < -0.39 is 13.7 Å². The molecule has 2 saturated heterocycles. The van der Waals surface area contributed by atoms with Crippen LogP contribution in [-0.2, 0) is 32.9 Å². The Morgan fingerprint density at radius 3 is 2.60 bits per heavy atom. The Morgan fingerprint density at radius 1 is 1.13 bits per heavy atom. The summed E-state index contributed by atoms with van der Waals surface area (Å²) in [5, 5.41) is 22.5. The molecule has 3 aliphatic heterocycles. The average molecular weight is 741 g/mol. The quantitative estimate of drug-likeness (QED) is 0.173. The number of aromatic nitrogens is 3. The molecule has 0 bridgehead atoms. The summed E-state index contributed by atoms with van der Waals surface area (Å²) >= 11 is 0. The van der Waals surface area contributed by atoms with Crippen LogP contribution in [0.3, 0.4) is 0 Å². The number of nitrogens with zero attached hydrogens (tertiary/aromatic N) is 5. The van der Waals surface area contributed by atoms with Gasteiger partial charge in [-0.3, -0.25) is 14.3 Å². The number of amides is 2. The monoisotopic (exact) mass is 740 g/mol. The SMILES string of the molecule is COc1ccc([Si](C)(C)[C@@H]2[C@@H](CCn3cc(CCO)nn3)O[C@]3(C(=O)N(C/C=C(\C)CCC=C(C)C)c4ccc(N5CCNCC5=O)cc43)[C@H]2C)cc1. The number of benzene rings is 2. The number of ether oxygens (including phenoxy) is 2. The summed E-state index contributed by atoms with van der Waals surface area (Å²) in [7, 11) is -0.680. The van der Waals surface area contributed by atoms with Crippen LogP contribution in [0.5, 0.6) is 5.75 Å². The lowest BCUT2D eigenvalue weighted by Gasteiger charge is -2.37. The molecule has 4 atom stereocenters. The van der Waals surface area contributed by atoms with Gasteiger partial charge in [0.15, 0.2) is 5.60 Å². The number of allylic oxidation sites excluding steroid dienone is 3. The third kappa shape index (κ3) is 7.64. The van der Waals surface area contributed by atoms with Crippen LogP contribution < -0.4 is 25.0 Å². The topological polar surface area (TPSA) is 122 Å². The Hall–Kier alpha value is -4.10. The first kappa shape index (κ1) is 38.6. The molecule has 0 saturated carbocycles. The number of aliphatic hydroxyl groups is 1. The van der Waals surface area contributed by atoms with Gasteiger partial charge in [0, 0.05) is 62.6 Å². The maximum absolute atomic E-state index is 15.3. The highest BCUT2D eigenvalue weighted by molar-refractivity contribution is 6.91. The smallest absolute Gasteiger partial charge is 0.264 e. The van der Waals surface area contributed by atoms with Crippen LogP contribution in [-0.4, -0.2) is 86.0 Å². The van der Waals surface area contributed by atoms with Gasteiger partial charge in [-0.1, -0.05) is 65.8 Å². The average Bonchev–Trinajstić information content (AvgIpc) is 3.79. The Balaban J connectivity index is 1.43. The van der Waals surface area contributed by atoms with Crippen molar-refractivity contribution in [2.45, 2.75) is 90.3 Å². The number of rotatable bonds is 14. The molecule has 12 heteroatoms. The van der Waals surface area contributed by atoms with Gasteiger partial charge in [0.2, 0.25) is 5.91 Å². The number of methoxy groups -OCH3 is 1. The van der Waals surface area contributed by atoms with Crippen molar-refractivity contribution in [2.75, 3.05) is 49.7 Å². The first-order valence-corrected chi connectivity index (χ1v) is 22.1. The molecule has 1 aromatic heterocycles. The van der Waals surface area contributed by atoms with E-state index in [-0.39, 0.29) is 42.5 Å². The van der Waals surface area contributed by atoms with Gasteiger partial charge in [0.1, 0.15) is 5.75 Å². The highest BCUT2D eigenvalue weighted by Gasteiger charge is 2.66. The lowest BCUT2D eigenvalue weighted by Crippen LogP contribution is -2.52. The van der Waals surface area contributed by atoms with Crippen LogP contribution in [0.1, 0.15) is 58.2 Å². The van der Waals surface area contributed by atoms with Gasteiger partial charge >= 0.3 is 0 Å². The van der Waals surface area contributed by atoms with E-state index in [0.717, 1.165) is 41.2 Å². The van der Waals surface area contributed by atoms with E-state index in [2.05, 4.69) is 86.8 Å². The summed E-state index contributed by atoms with van der Waals surface area (Å²) in [4.78, 5) is 32.1. The van der Waals surface area contributed by atoms with Crippen molar-refractivity contribution in [3.8, 4) is 5.75 Å². The minimum Gasteiger partial charge on any atom is -0.497 e. The van der Waals surface area contributed by atoms with Gasteiger partial charge in [-0.25, -0.2) is 0 Å². The van der Waals surface area contributed by atoms with Gasteiger partial charge in [-0.2, -0.15) is 0 Å². The van der Waals surface area contributed by atoms with E-state index >= 15 is 4.79 Å². The zero-order chi connectivity index (χ0) is 37.9. The van der Waals surface area contributed by atoms with E-state index in [4.69, 9.17) is 9.47 Å².